The van der Waals surface area contributed by atoms with Crippen molar-refractivity contribution in [3.63, 3.8) is 0 Å². The zero-order valence-corrected chi connectivity index (χ0v) is 16.4. The summed E-state index contributed by atoms with van der Waals surface area (Å²) in [7, 11) is 0. The number of ether oxygens (including phenoxy) is 2. The number of rotatable bonds is 6. The van der Waals surface area contributed by atoms with E-state index in [0.717, 1.165) is 9.78 Å². The molecule has 1 N–H and O–H groups in total. The first-order valence-corrected chi connectivity index (χ1v) is 9.90. The molecule has 30 heavy (non-hydrogen) atoms. The second-order valence-electron chi connectivity index (χ2n) is 7.14. The van der Waals surface area contributed by atoms with Crippen LogP contribution in [0.1, 0.15) is 29.7 Å². The van der Waals surface area contributed by atoms with Gasteiger partial charge in [0, 0.05) is 17.5 Å². The summed E-state index contributed by atoms with van der Waals surface area (Å²) >= 11 is 1.31. The molecule has 0 bridgehead atoms. The Bertz CT molecular complexity index is 1010. The van der Waals surface area contributed by atoms with Crippen molar-refractivity contribution in [1.82, 2.24) is 9.88 Å². The number of β-lactam (4-membered cyclic amide) rings is 1. The van der Waals surface area contributed by atoms with E-state index in [4.69, 9.17) is 0 Å². The van der Waals surface area contributed by atoms with Gasteiger partial charge in [-0.2, -0.15) is 0 Å². The second-order valence-corrected chi connectivity index (χ2v) is 8.11. The molecule has 1 aromatic heterocycles. The Kier molecular flexibility index (Phi) is 4.92. The van der Waals surface area contributed by atoms with Crippen LogP contribution in [0.2, 0.25) is 0 Å². The van der Waals surface area contributed by atoms with Crippen LogP contribution in [-0.4, -0.2) is 45.1 Å². The smallest absolute Gasteiger partial charge is 0.480 e. The number of carboxylic acids is 1. The summed E-state index contributed by atoms with van der Waals surface area (Å²) in [5.74, 6) is -3.99. The van der Waals surface area contributed by atoms with E-state index in [2.05, 4.69) is 14.5 Å². The molecule has 1 fully saturated rings. The number of hydrogen-bond donors (Lipinski definition) is 1. The number of hydrogen-bond acceptors (Lipinski definition) is 7. The molecule has 0 radical (unpaired) electrons. The number of carbonyl (C=O) groups excluding carboxylic acids is 2. The van der Waals surface area contributed by atoms with Crippen molar-refractivity contribution in [2.24, 2.45) is 5.92 Å². The standard InChI is InChI=1S/C19H16F2N2O6S/c1-9(10-2-3-13-14(5-10)29-19(20,21)28-13)4-15(24)23-16(18(26)27)12(17(23)25)6-11-7-22-8-30-11/h2-3,5,7-9,12,16H,4,6H2,1H3,(H,26,27)/t9-,12+,16-/m0/s1. The van der Waals surface area contributed by atoms with E-state index in [1.807, 2.05) is 0 Å². The average Bonchev–Trinajstić information content (AvgIpc) is 3.27. The maximum absolute atomic E-state index is 13.2. The zero-order valence-electron chi connectivity index (χ0n) is 15.6. The van der Waals surface area contributed by atoms with Gasteiger partial charge in [0.25, 0.3) is 0 Å². The number of carbonyl (C=O) groups is 3. The first-order valence-electron chi connectivity index (χ1n) is 9.02. The summed E-state index contributed by atoms with van der Waals surface area (Å²) in [5, 5.41) is 9.52. The molecule has 0 unspecified atom stereocenters. The van der Waals surface area contributed by atoms with Gasteiger partial charge in [0.2, 0.25) is 11.8 Å². The molecular formula is C19H16F2N2O6S. The lowest BCUT2D eigenvalue weighted by atomic mass is 9.83. The zero-order chi connectivity index (χ0) is 21.6. The predicted molar refractivity (Wildman–Crippen MR) is 98.3 cm³/mol. The Morgan fingerprint density at radius 1 is 1.33 bits per heavy atom. The summed E-state index contributed by atoms with van der Waals surface area (Å²) in [5.41, 5.74) is 2.10. The number of benzene rings is 1. The van der Waals surface area contributed by atoms with Gasteiger partial charge in [0.05, 0.1) is 11.4 Å². The quantitative estimate of drug-likeness (QED) is 0.691. The van der Waals surface area contributed by atoms with Crippen LogP contribution < -0.4 is 9.47 Å². The number of imide groups is 1. The molecule has 2 aromatic rings. The number of fused-ring (bicyclic) bond motifs is 1. The minimum atomic E-state index is -3.74. The van der Waals surface area contributed by atoms with Crippen LogP contribution in [0.5, 0.6) is 11.5 Å². The summed E-state index contributed by atoms with van der Waals surface area (Å²) < 4.78 is 35.1. The fourth-order valence-electron chi connectivity index (χ4n) is 3.62. The fraction of sp³-hybridized carbons (Fsp3) is 0.368. The number of likely N-dealkylation sites (tertiary alicyclic amines) is 1. The first-order chi connectivity index (χ1) is 14.2. The maximum Gasteiger partial charge on any atom is 0.586 e. The number of halogens is 2. The molecule has 0 aliphatic carbocycles. The van der Waals surface area contributed by atoms with Crippen molar-refractivity contribution in [1.29, 1.82) is 0 Å². The lowest BCUT2D eigenvalue weighted by Gasteiger charge is -2.43. The largest absolute Gasteiger partial charge is 0.586 e. The Balaban J connectivity index is 1.44. The van der Waals surface area contributed by atoms with Gasteiger partial charge in [-0.05, 0) is 30.0 Å². The molecule has 1 saturated heterocycles. The highest BCUT2D eigenvalue weighted by Gasteiger charge is 2.54. The van der Waals surface area contributed by atoms with Crippen LogP contribution in [0.4, 0.5) is 8.78 Å². The molecular weight excluding hydrogens is 422 g/mol. The van der Waals surface area contributed by atoms with Gasteiger partial charge in [0.15, 0.2) is 11.5 Å². The molecule has 4 rings (SSSR count). The van der Waals surface area contributed by atoms with Gasteiger partial charge in [-0.25, -0.2) is 4.79 Å². The van der Waals surface area contributed by atoms with Gasteiger partial charge < -0.3 is 14.6 Å². The van der Waals surface area contributed by atoms with Crippen LogP contribution in [0.3, 0.4) is 0 Å². The molecule has 0 saturated carbocycles. The average molecular weight is 438 g/mol. The lowest BCUT2D eigenvalue weighted by Crippen LogP contribution is -2.66. The van der Waals surface area contributed by atoms with E-state index in [1.54, 1.807) is 18.6 Å². The van der Waals surface area contributed by atoms with Crippen molar-refractivity contribution in [3.05, 3.63) is 40.3 Å². The predicted octanol–water partition coefficient (Wildman–Crippen LogP) is 2.64. The molecule has 158 valence electrons. The monoisotopic (exact) mass is 438 g/mol. The van der Waals surface area contributed by atoms with Crippen molar-refractivity contribution >= 4 is 29.1 Å². The van der Waals surface area contributed by atoms with E-state index in [9.17, 15) is 28.3 Å². The molecule has 2 aliphatic rings. The minimum Gasteiger partial charge on any atom is -0.480 e. The third kappa shape index (κ3) is 3.60. The third-order valence-corrected chi connectivity index (χ3v) is 5.92. The molecule has 0 spiro atoms. The highest BCUT2D eigenvalue weighted by Crippen LogP contribution is 2.42. The van der Waals surface area contributed by atoms with Crippen LogP contribution in [-0.2, 0) is 20.8 Å². The number of aromatic nitrogens is 1. The molecule has 11 heteroatoms. The molecule has 1 aromatic carbocycles. The Morgan fingerprint density at radius 3 is 2.73 bits per heavy atom. The first kappa shape index (κ1) is 20.2. The summed E-state index contributed by atoms with van der Waals surface area (Å²) in [6.45, 7) is 1.67. The van der Waals surface area contributed by atoms with Gasteiger partial charge >= 0.3 is 12.3 Å². The maximum atomic E-state index is 13.2. The molecule has 3 heterocycles. The lowest BCUT2D eigenvalue weighted by molar-refractivity contribution is -0.286. The van der Waals surface area contributed by atoms with E-state index < -0.39 is 42.0 Å². The van der Waals surface area contributed by atoms with Crippen molar-refractivity contribution in [2.75, 3.05) is 0 Å². The number of amides is 2. The summed E-state index contributed by atoms with van der Waals surface area (Å²) in [6, 6.07) is 2.93. The van der Waals surface area contributed by atoms with E-state index in [-0.39, 0.29) is 24.3 Å². The van der Waals surface area contributed by atoms with Gasteiger partial charge in [0.1, 0.15) is 6.04 Å². The third-order valence-electron chi connectivity index (χ3n) is 5.12. The summed E-state index contributed by atoms with van der Waals surface area (Å²) in [4.78, 5) is 42.3. The van der Waals surface area contributed by atoms with Crippen LogP contribution >= 0.6 is 11.3 Å². The topological polar surface area (TPSA) is 106 Å². The normalized spacial score (nSPS) is 22.5. The number of aliphatic carboxylic acids is 1. The van der Waals surface area contributed by atoms with E-state index in [1.165, 1.54) is 29.5 Å². The Hall–Kier alpha value is -3.08. The molecule has 3 atom stereocenters. The second kappa shape index (κ2) is 7.31. The highest BCUT2D eigenvalue weighted by atomic mass is 32.1. The number of nitrogens with zero attached hydrogens (tertiary/aromatic N) is 2. The number of carboxylic acid groups (broad SMARTS) is 1. The number of thiazole rings is 1. The highest BCUT2D eigenvalue weighted by molar-refractivity contribution is 7.09. The van der Waals surface area contributed by atoms with Gasteiger partial charge in [-0.3, -0.25) is 19.5 Å². The molecule has 8 nitrogen and oxygen atoms in total. The van der Waals surface area contributed by atoms with Gasteiger partial charge in [-0.1, -0.05) is 13.0 Å². The van der Waals surface area contributed by atoms with Gasteiger partial charge in [-0.15, -0.1) is 20.1 Å². The fourth-order valence-corrected chi connectivity index (χ4v) is 4.27. The van der Waals surface area contributed by atoms with Crippen molar-refractivity contribution in [3.8, 4) is 11.5 Å². The Morgan fingerprint density at radius 2 is 2.07 bits per heavy atom. The number of alkyl halides is 2. The van der Waals surface area contributed by atoms with Crippen molar-refractivity contribution in [2.45, 2.75) is 38.0 Å². The molecule has 2 amide bonds. The van der Waals surface area contributed by atoms with E-state index in [0.29, 0.717) is 5.56 Å². The summed E-state index contributed by atoms with van der Waals surface area (Å²) in [6.07, 6.45) is -2.15. The van der Waals surface area contributed by atoms with Crippen LogP contribution in [0, 0.1) is 5.92 Å². The van der Waals surface area contributed by atoms with E-state index >= 15 is 0 Å². The molecule has 2 aliphatic heterocycles. The SMILES string of the molecule is C[C@@H](CC(=O)N1C(=O)[C@H](Cc2cncs2)[C@H]1C(=O)O)c1ccc2c(c1)OC(F)(F)O2. The minimum absolute atomic E-state index is 0.114. The van der Waals surface area contributed by atoms with Crippen LogP contribution in [0.25, 0.3) is 0 Å². The van der Waals surface area contributed by atoms with Crippen LogP contribution in [0.15, 0.2) is 29.9 Å². The Labute approximate surface area is 173 Å². The van der Waals surface area contributed by atoms with Crippen molar-refractivity contribution < 1.29 is 37.7 Å².